The zero-order chi connectivity index (χ0) is 24.3. The zero-order valence-corrected chi connectivity index (χ0v) is 18.6. The summed E-state index contributed by atoms with van der Waals surface area (Å²) in [7, 11) is 0. The van der Waals surface area contributed by atoms with Crippen molar-refractivity contribution in [3.05, 3.63) is 83.6 Å². The van der Waals surface area contributed by atoms with Crippen LogP contribution >= 0.6 is 0 Å². The molecule has 4 rings (SSSR count). The number of morpholine rings is 1. The number of hydrogen-bond donors (Lipinski definition) is 1. The van der Waals surface area contributed by atoms with E-state index in [-0.39, 0.29) is 0 Å². The smallest absolute Gasteiger partial charge is 0.378 e. The minimum Gasteiger partial charge on any atom is -0.378 e. The Hall–Kier alpha value is -3.83. The Balaban J connectivity index is 1.60. The van der Waals surface area contributed by atoms with Gasteiger partial charge in [0.15, 0.2) is 0 Å². The van der Waals surface area contributed by atoms with E-state index >= 15 is 0 Å². The van der Waals surface area contributed by atoms with Crippen LogP contribution in [-0.4, -0.2) is 31.3 Å². The normalized spacial score (nSPS) is 13.9. The van der Waals surface area contributed by atoms with Gasteiger partial charge in [0.25, 0.3) is 0 Å². The van der Waals surface area contributed by atoms with Gasteiger partial charge in [0, 0.05) is 36.2 Å². The highest BCUT2D eigenvalue weighted by molar-refractivity contribution is 5.80. The number of alkyl halides is 3. The van der Waals surface area contributed by atoms with Gasteiger partial charge in [-0.1, -0.05) is 24.8 Å². The Kier molecular flexibility index (Phi) is 6.57. The molecule has 0 amide bonds. The monoisotopic (exact) mass is 464 g/mol. The molecule has 0 radical (unpaired) electrons. The summed E-state index contributed by atoms with van der Waals surface area (Å²) in [5.74, 6) is 0.638. The average Bonchev–Trinajstić information content (AvgIpc) is 2.85. The maximum atomic E-state index is 13.1. The van der Waals surface area contributed by atoms with E-state index in [1.165, 1.54) is 6.07 Å². The van der Waals surface area contributed by atoms with Gasteiger partial charge >= 0.3 is 6.18 Å². The van der Waals surface area contributed by atoms with Gasteiger partial charge in [-0.15, -0.1) is 0 Å². The van der Waals surface area contributed by atoms with Gasteiger partial charge in [-0.05, 0) is 53.9 Å². The predicted octanol–water partition coefficient (Wildman–Crippen LogP) is 5.87. The van der Waals surface area contributed by atoms with Crippen molar-refractivity contribution in [3.63, 3.8) is 0 Å². The molecule has 2 aromatic carbocycles. The van der Waals surface area contributed by atoms with Crippen molar-refractivity contribution in [1.82, 2.24) is 4.98 Å². The lowest BCUT2D eigenvalue weighted by Crippen LogP contribution is -2.37. The van der Waals surface area contributed by atoms with E-state index < -0.39 is 11.7 Å². The first-order valence-electron chi connectivity index (χ1n) is 10.7. The molecule has 1 fully saturated rings. The first kappa shape index (κ1) is 23.3. The van der Waals surface area contributed by atoms with Crippen LogP contribution in [0.25, 0.3) is 16.8 Å². The first-order valence-corrected chi connectivity index (χ1v) is 10.7. The van der Waals surface area contributed by atoms with Gasteiger partial charge in [0.05, 0.1) is 24.3 Å². The Bertz CT molecular complexity index is 1260. The number of hydrogen-bond acceptors (Lipinski definition) is 5. The summed E-state index contributed by atoms with van der Waals surface area (Å²) in [4.78, 5) is 6.60. The van der Waals surface area contributed by atoms with E-state index in [9.17, 15) is 18.4 Å². The molecular formula is C26H23F3N4O. The fraction of sp³-hybridized carbons (Fsp3) is 0.231. The van der Waals surface area contributed by atoms with Crippen molar-refractivity contribution >= 4 is 17.2 Å². The van der Waals surface area contributed by atoms with Crippen LogP contribution in [0.3, 0.4) is 0 Å². The van der Waals surface area contributed by atoms with Crippen LogP contribution in [0, 0.1) is 18.3 Å². The van der Waals surface area contributed by atoms with Crippen LogP contribution in [0.2, 0.25) is 0 Å². The lowest BCUT2D eigenvalue weighted by atomic mass is 9.99. The molecule has 3 aromatic rings. The molecule has 1 aliphatic heterocycles. The molecule has 0 unspecified atom stereocenters. The van der Waals surface area contributed by atoms with E-state index in [0.29, 0.717) is 54.6 Å². The highest BCUT2D eigenvalue weighted by Gasteiger charge is 2.30. The summed E-state index contributed by atoms with van der Waals surface area (Å²) in [5.41, 5.74) is 3.72. The maximum Gasteiger partial charge on any atom is 0.416 e. The molecule has 1 saturated heterocycles. The number of anilines is 2. The lowest BCUT2D eigenvalue weighted by Gasteiger charge is -2.28. The molecule has 34 heavy (non-hydrogen) atoms. The molecule has 0 spiro atoms. The third kappa shape index (κ3) is 5.05. The third-order valence-corrected chi connectivity index (χ3v) is 5.68. The van der Waals surface area contributed by atoms with Gasteiger partial charge in [0.2, 0.25) is 0 Å². The number of aromatic nitrogens is 1. The topological polar surface area (TPSA) is 61.2 Å². The Morgan fingerprint density at radius 1 is 1.15 bits per heavy atom. The van der Waals surface area contributed by atoms with Crippen molar-refractivity contribution in [2.45, 2.75) is 13.1 Å². The number of halogens is 3. The number of nitrogens with zero attached hydrogens (tertiary/aromatic N) is 3. The average molecular weight is 464 g/mol. The van der Waals surface area contributed by atoms with Crippen molar-refractivity contribution in [3.8, 4) is 17.2 Å². The second-order valence-electron chi connectivity index (χ2n) is 8.02. The van der Waals surface area contributed by atoms with E-state index in [0.717, 1.165) is 28.8 Å². The molecule has 174 valence electrons. The van der Waals surface area contributed by atoms with Crippen molar-refractivity contribution in [2.24, 2.45) is 0 Å². The highest BCUT2D eigenvalue weighted by atomic mass is 19.4. The second kappa shape index (κ2) is 9.57. The second-order valence-corrected chi connectivity index (χ2v) is 8.02. The Morgan fingerprint density at radius 3 is 2.62 bits per heavy atom. The Labute approximate surface area is 196 Å². The molecule has 8 heteroatoms. The summed E-state index contributed by atoms with van der Waals surface area (Å²) in [5, 5.41) is 12.8. The molecule has 1 aliphatic rings. The molecule has 0 aliphatic carbocycles. The minimum atomic E-state index is -4.42. The van der Waals surface area contributed by atoms with Gasteiger partial charge in [-0.2, -0.15) is 18.4 Å². The van der Waals surface area contributed by atoms with Crippen LogP contribution in [0.1, 0.15) is 22.3 Å². The van der Waals surface area contributed by atoms with E-state index in [1.807, 2.05) is 36.1 Å². The molecule has 2 heterocycles. The fourth-order valence-corrected chi connectivity index (χ4v) is 3.85. The molecule has 5 nitrogen and oxygen atoms in total. The Morgan fingerprint density at radius 2 is 1.91 bits per heavy atom. The number of pyridine rings is 1. The van der Waals surface area contributed by atoms with Crippen molar-refractivity contribution < 1.29 is 17.9 Å². The number of benzene rings is 2. The van der Waals surface area contributed by atoms with Crippen LogP contribution < -0.4 is 10.2 Å². The molecular weight excluding hydrogens is 441 g/mol. The van der Waals surface area contributed by atoms with Crippen LogP contribution in [-0.2, 0) is 10.9 Å². The molecule has 1 N–H and O–H groups in total. The van der Waals surface area contributed by atoms with Gasteiger partial charge in [-0.3, -0.25) is 0 Å². The summed E-state index contributed by atoms with van der Waals surface area (Å²) >= 11 is 0. The number of aryl methyl sites for hydroxylation is 1. The standard InChI is InChI=1S/C26H23F3N4O/c1-17-6-7-23(32-18(2)19-4-3-5-22(13-19)26(27,28)29)14-24(17)21-12-20(15-30)25(31-16-21)33-8-10-34-11-9-33/h3-7,12-14,16,32H,2,8-11H2,1H3. The van der Waals surface area contributed by atoms with E-state index in [2.05, 4.69) is 22.9 Å². The number of ether oxygens (including phenoxy) is 1. The summed E-state index contributed by atoms with van der Waals surface area (Å²) in [6.45, 7) is 8.40. The maximum absolute atomic E-state index is 13.1. The zero-order valence-electron chi connectivity index (χ0n) is 18.6. The minimum absolute atomic E-state index is 0.347. The quantitative estimate of drug-likeness (QED) is 0.512. The summed E-state index contributed by atoms with van der Waals surface area (Å²) < 4.78 is 44.6. The fourth-order valence-electron chi connectivity index (χ4n) is 3.85. The number of nitriles is 1. The van der Waals surface area contributed by atoms with Crippen LogP contribution in [0.5, 0.6) is 0 Å². The highest BCUT2D eigenvalue weighted by Crippen LogP contribution is 2.33. The van der Waals surface area contributed by atoms with E-state index in [4.69, 9.17) is 4.74 Å². The molecule has 0 bridgehead atoms. The van der Waals surface area contributed by atoms with E-state index in [1.54, 1.807) is 12.3 Å². The largest absolute Gasteiger partial charge is 0.416 e. The molecule has 1 aromatic heterocycles. The summed E-state index contributed by atoms with van der Waals surface area (Å²) in [6.07, 6.45) is -2.69. The molecule has 0 atom stereocenters. The molecule has 0 saturated carbocycles. The van der Waals surface area contributed by atoms with Crippen molar-refractivity contribution in [1.29, 1.82) is 5.26 Å². The third-order valence-electron chi connectivity index (χ3n) is 5.68. The summed E-state index contributed by atoms with van der Waals surface area (Å²) in [6, 6.07) is 14.7. The van der Waals surface area contributed by atoms with Crippen molar-refractivity contribution in [2.75, 3.05) is 36.5 Å². The SMILES string of the molecule is C=C(Nc1ccc(C)c(-c2cnc(N3CCOCC3)c(C#N)c2)c1)c1cccc(C(F)(F)F)c1. The van der Waals surface area contributed by atoms with Crippen LogP contribution in [0.15, 0.2) is 61.3 Å². The number of rotatable bonds is 5. The lowest BCUT2D eigenvalue weighted by molar-refractivity contribution is -0.137. The first-order chi connectivity index (χ1) is 16.3. The van der Waals surface area contributed by atoms with Gasteiger partial charge < -0.3 is 15.0 Å². The van der Waals surface area contributed by atoms with Gasteiger partial charge in [-0.25, -0.2) is 4.98 Å². The number of nitrogens with one attached hydrogen (secondary N) is 1. The van der Waals surface area contributed by atoms with Crippen LogP contribution in [0.4, 0.5) is 24.7 Å². The predicted molar refractivity (Wildman–Crippen MR) is 126 cm³/mol. The van der Waals surface area contributed by atoms with Gasteiger partial charge in [0.1, 0.15) is 11.9 Å².